The Bertz CT molecular complexity index is 777. The average Bonchev–Trinajstić information content (AvgIpc) is 3.16. The molecule has 0 aromatic carbocycles. The van der Waals surface area contributed by atoms with Crippen LogP contribution in [0.3, 0.4) is 0 Å². The number of nitrogens with one attached hydrogen (secondary N) is 1. The molecule has 3 N–H and O–H groups in total. The quantitative estimate of drug-likeness (QED) is 0.801. The Balaban J connectivity index is 1.43. The van der Waals surface area contributed by atoms with Crippen LogP contribution in [0.15, 0.2) is 22.9 Å². The Hall–Kier alpha value is -1.60. The number of nitrogens with zero attached hydrogens (tertiary/aromatic N) is 3. The van der Waals surface area contributed by atoms with E-state index in [1.807, 2.05) is 17.3 Å². The lowest BCUT2D eigenvalue weighted by Crippen LogP contribution is -2.55. The van der Waals surface area contributed by atoms with E-state index in [4.69, 9.17) is 5.73 Å². The normalized spacial score (nSPS) is 20.5. The lowest BCUT2D eigenvalue weighted by atomic mass is 9.83. The second-order valence-electron chi connectivity index (χ2n) is 7.43. The minimum atomic E-state index is -0.328. The number of rotatable bonds is 3. The predicted octanol–water partition coefficient (Wildman–Crippen LogP) is 2.88. The van der Waals surface area contributed by atoms with Crippen molar-refractivity contribution in [2.75, 3.05) is 31.1 Å². The van der Waals surface area contributed by atoms with Crippen molar-refractivity contribution in [2.24, 2.45) is 11.7 Å². The first-order valence-corrected chi connectivity index (χ1v) is 10.4. The number of H-pyrrole nitrogens is 1. The van der Waals surface area contributed by atoms with Crippen LogP contribution in [-0.4, -0.2) is 53.0 Å². The van der Waals surface area contributed by atoms with Crippen LogP contribution >= 0.6 is 15.9 Å². The Labute approximate surface area is 162 Å². The molecule has 1 aliphatic heterocycles. The largest absolute Gasteiger partial charge is 0.366 e. The summed E-state index contributed by atoms with van der Waals surface area (Å²) in [5.41, 5.74) is 8.37. The van der Waals surface area contributed by atoms with Gasteiger partial charge >= 0.3 is 0 Å². The summed E-state index contributed by atoms with van der Waals surface area (Å²) in [6, 6.07) is 1.73. The minimum Gasteiger partial charge on any atom is -0.366 e. The van der Waals surface area contributed by atoms with Gasteiger partial charge < -0.3 is 20.5 Å². The number of halogens is 1. The number of anilines is 1. The Morgan fingerprint density at radius 1 is 1.23 bits per heavy atom. The van der Waals surface area contributed by atoms with Crippen LogP contribution in [0, 0.1) is 5.92 Å². The number of aromatic nitrogens is 2. The highest BCUT2D eigenvalue weighted by atomic mass is 79.9. The fourth-order valence-electron chi connectivity index (χ4n) is 4.35. The van der Waals surface area contributed by atoms with Gasteiger partial charge in [0.05, 0.1) is 16.2 Å². The summed E-state index contributed by atoms with van der Waals surface area (Å²) in [6.07, 6.45) is 9.65. The van der Waals surface area contributed by atoms with Crippen molar-refractivity contribution in [1.29, 1.82) is 0 Å². The third-order valence-corrected chi connectivity index (χ3v) is 6.44. The maximum atomic E-state index is 12.8. The van der Waals surface area contributed by atoms with E-state index in [9.17, 15) is 4.79 Å². The maximum absolute atomic E-state index is 12.8. The van der Waals surface area contributed by atoms with E-state index in [0.29, 0.717) is 5.92 Å². The molecule has 0 bridgehead atoms. The summed E-state index contributed by atoms with van der Waals surface area (Å²) in [5, 5.41) is 1.11. The summed E-state index contributed by atoms with van der Waals surface area (Å²) < 4.78 is 0.989. The van der Waals surface area contributed by atoms with Crippen molar-refractivity contribution < 1.29 is 4.79 Å². The number of pyridine rings is 1. The fourth-order valence-corrected chi connectivity index (χ4v) is 4.91. The fraction of sp³-hybridized carbons (Fsp3) is 0.579. The number of hydrogen-bond acceptors (Lipinski definition) is 4. The van der Waals surface area contributed by atoms with Crippen molar-refractivity contribution in [2.45, 2.75) is 38.1 Å². The standard InChI is InChI=1S/C19H26BrN5O/c20-15-12-23-18-14(6-7-22-18)17(15)24-8-10-25(11-9-24)19(26)16(21)13-4-2-1-3-5-13/h6-7,12-13,16H,1-5,8-11,21H2,(H,22,23)/t16-/m1/s1. The van der Waals surface area contributed by atoms with Gasteiger partial charge in [-0.2, -0.15) is 0 Å². The minimum absolute atomic E-state index is 0.136. The molecule has 1 atom stereocenters. The van der Waals surface area contributed by atoms with E-state index in [1.54, 1.807) is 0 Å². The average molecular weight is 420 g/mol. The summed E-state index contributed by atoms with van der Waals surface area (Å²) >= 11 is 3.64. The van der Waals surface area contributed by atoms with E-state index in [2.05, 4.69) is 36.9 Å². The molecule has 2 aromatic rings. The molecule has 1 saturated carbocycles. The number of hydrogen-bond donors (Lipinski definition) is 2. The third kappa shape index (κ3) is 3.34. The highest BCUT2D eigenvalue weighted by molar-refractivity contribution is 9.10. The van der Waals surface area contributed by atoms with Gasteiger partial charge in [0.15, 0.2) is 0 Å². The van der Waals surface area contributed by atoms with Gasteiger partial charge in [0, 0.05) is 44.0 Å². The first-order chi connectivity index (χ1) is 12.6. The molecule has 1 saturated heterocycles. The van der Waals surface area contributed by atoms with E-state index in [0.717, 1.165) is 60.2 Å². The highest BCUT2D eigenvalue weighted by Gasteiger charge is 2.31. The Morgan fingerprint density at radius 2 is 1.96 bits per heavy atom. The second kappa shape index (κ2) is 7.56. The number of fused-ring (bicyclic) bond motifs is 1. The van der Waals surface area contributed by atoms with Crippen LogP contribution in [0.2, 0.25) is 0 Å². The van der Waals surface area contributed by atoms with Crippen molar-refractivity contribution in [3.05, 3.63) is 22.9 Å². The molecule has 0 unspecified atom stereocenters. The van der Waals surface area contributed by atoms with Crippen LogP contribution in [0.25, 0.3) is 11.0 Å². The zero-order valence-corrected chi connectivity index (χ0v) is 16.5. The summed E-state index contributed by atoms with van der Waals surface area (Å²) in [7, 11) is 0. The van der Waals surface area contributed by atoms with Gasteiger partial charge in [0.25, 0.3) is 0 Å². The predicted molar refractivity (Wildman–Crippen MR) is 107 cm³/mol. The molecule has 26 heavy (non-hydrogen) atoms. The monoisotopic (exact) mass is 419 g/mol. The molecule has 2 aliphatic rings. The van der Waals surface area contributed by atoms with Crippen molar-refractivity contribution in [1.82, 2.24) is 14.9 Å². The zero-order valence-electron chi connectivity index (χ0n) is 15.0. The Kier molecular flexibility index (Phi) is 5.18. The second-order valence-corrected chi connectivity index (χ2v) is 8.29. The SMILES string of the molecule is N[C@@H](C(=O)N1CCN(c2c(Br)cnc3[nH]ccc23)CC1)C1CCCCC1. The third-order valence-electron chi connectivity index (χ3n) is 5.86. The number of carbonyl (C=O) groups excluding carboxylic acids is 1. The van der Waals surface area contributed by atoms with Gasteiger partial charge in [-0.1, -0.05) is 19.3 Å². The molecular formula is C19H26BrN5O. The number of piperazine rings is 1. The molecule has 4 rings (SSSR count). The van der Waals surface area contributed by atoms with Crippen molar-refractivity contribution in [3.63, 3.8) is 0 Å². The van der Waals surface area contributed by atoms with E-state index in [-0.39, 0.29) is 11.9 Å². The zero-order chi connectivity index (χ0) is 18.1. The molecule has 140 valence electrons. The van der Waals surface area contributed by atoms with Gasteiger partial charge in [-0.15, -0.1) is 0 Å². The number of amides is 1. The molecule has 1 aliphatic carbocycles. The summed E-state index contributed by atoms with van der Waals surface area (Å²) in [5.74, 6) is 0.500. The molecule has 0 radical (unpaired) electrons. The van der Waals surface area contributed by atoms with Gasteiger partial charge in [-0.25, -0.2) is 4.98 Å². The topological polar surface area (TPSA) is 78.2 Å². The van der Waals surface area contributed by atoms with Crippen LogP contribution in [-0.2, 0) is 4.79 Å². The molecule has 1 amide bonds. The lowest BCUT2D eigenvalue weighted by molar-refractivity contribution is -0.134. The Morgan fingerprint density at radius 3 is 2.69 bits per heavy atom. The van der Waals surface area contributed by atoms with E-state index in [1.165, 1.54) is 19.3 Å². The molecule has 2 aromatic heterocycles. The van der Waals surface area contributed by atoms with Crippen molar-refractivity contribution >= 4 is 38.6 Å². The van der Waals surface area contributed by atoms with Gasteiger partial charge in [0.1, 0.15) is 5.65 Å². The van der Waals surface area contributed by atoms with Crippen LogP contribution in [0.5, 0.6) is 0 Å². The molecule has 7 heteroatoms. The van der Waals surface area contributed by atoms with Crippen LogP contribution in [0.1, 0.15) is 32.1 Å². The van der Waals surface area contributed by atoms with E-state index < -0.39 is 0 Å². The number of nitrogens with two attached hydrogens (primary N) is 1. The maximum Gasteiger partial charge on any atom is 0.239 e. The van der Waals surface area contributed by atoms with Gasteiger partial charge in [-0.05, 0) is 40.8 Å². The first kappa shape index (κ1) is 17.8. The molecule has 2 fully saturated rings. The molecule has 6 nitrogen and oxygen atoms in total. The summed E-state index contributed by atoms with van der Waals surface area (Å²) in [6.45, 7) is 3.07. The molecule has 0 spiro atoms. The molecular weight excluding hydrogens is 394 g/mol. The van der Waals surface area contributed by atoms with Crippen LogP contribution < -0.4 is 10.6 Å². The van der Waals surface area contributed by atoms with Gasteiger partial charge in [0.2, 0.25) is 5.91 Å². The van der Waals surface area contributed by atoms with Gasteiger partial charge in [-0.3, -0.25) is 4.79 Å². The number of carbonyl (C=O) groups is 1. The van der Waals surface area contributed by atoms with E-state index >= 15 is 0 Å². The lowest BCUT2D eigenvalue weighted by Gasteiger charge is -2.39. The first-order valence-electron chi connectivity index (χ1n) is 9.56. The van der Waals surface area contributed by atoms with Crippen molar-refractivity contribution in [3.8, 4) is 0 Å². The highest BCUT2D eigenvalue weighted by Crippen LogP contribution is 2.34. The smallest absolute Gasteiger partial charge is 0.239 e. The number of aromatic amines is 1. The van der Waals surface area contributed by atoms with Crippen LogP contribution in [0.4, 0.5) is 5.69 Å². The summed E-state index contributed by atoms with van der Waals surface area (Å²) in [4.78, 5) is 24.7. The molecule has 3 heterocycles.